The van der Waals surface area contributed by atoms with Crippen LogP contribution in [0.1, 0.15) is 0 Å². The SMILES string of the molecule is c1ccc(-c2nc(-c3ccccc3)nc(-c3ccc(-c4cc5c6cc(-c7ccccc7-c7ccccc7)ccc6oc5c5ccccc45)cc3)n2)cc1. The van der Waals surface area contributed by atoms with E-state index in [0.717, 1.165) is 66.1 Å². The first-order valence-electron chi connectivity index (χ1n) is 17.8. The van der Waals surface area contributed by atoms with E-state index in [9.17, 15) is 0 Å². The predicted octanol–water partition coefficient (Wildman–Crippen LogP) is 12.9. The molecule has 248 valence electrons. The molecule has 10 aromatic rings. The summed E-state index contributed by atoms with van der Waals surface area (Å²) in [6.07, 6.45) is 0. The zero-order chi connectivity index (χ0) is 35.1. The van der Waals surface area contributed by atoms with E-state index in [2.05, 4.69) is 127 Å². The number of aromatic nitrogens is 3. The molecule has 2 aromatic heterocycles. The van der Waals surface area contributed by atoms with Crippen molar-refractivity contribution >= 4 is 32.7 Å². The molecule has 0 saturated carbocycles. The van der Waals surface area contributed by atoms with Crippen LogP contribution in [-0.4, -0.2) is 15.0 Å². The number of fused-ring (bicyclic) bond motifs is 5. The first kappa shape index (κ1) is 30.6. The molecule has 0 aliphatic rings. The van der Waals surface area contributed by atoms with Gasteiger partial charge in [-0.15, -0.1) is 0 Å². The van der Waals surface area contributed by atoms with Crippen LogP contribution in [0.3, 0.4) is 0 Å². The Kier molecular flexibility index (Phi) is 7.43. The van der Waals surface area contributed by atoms with Gasteiger partial charge in [0.25, 0.3) is 0 Å². The maximum atomic E-state index is 6.61. The van der Waals surface area contributed by atoms with E-state index < -0.39 is 0 Å². The number of benzene rings is 8. The summed E-state index contributed by atoms with van der Waals surface area (Å²) in [5.41, 5.74) is 11.6. The van der Waals surface area contributed by atoms with Crippen LogP contribution >= 0.6 is 0 Å². The maximum absolute atomic E-state index is 6.61. The van der Waals surface area contributed by atoms with Crippen LogP contribution in [0.4, 0.5) is 0 Å². The van der Waals surface area contributed by atoms with Crippen molar-refractivity contribution in [3.63, 3.8) is 0 Å². The number of hydrogen-bond donors (Lipinski definition) is 0. The van der Waals surface area contributed by atoms with E-state index >= 15 is 0 Å². The third kappa shape index (κ3) is 5.54. The number of nitrogens with zero attached hydrogens (tertiary/aromatic N) is 3. The van der Waals surface area contributed by atoms with Gasteiger partial charge in [0.05, 0.1) is 0 Å². The molecular formula is C49H31N3O. The summed E-state index contributed by atoms with van der Waals surface area (Å²) >= 11 is 0. The second-order valence-corrected chi connectivity index (χ2v) is 13.2. The van der Waals surface area contributed by atoms with Gasteiger partial charge in [0, 0.05) is 32.8 Å². The molecular weight excluding hydrogens is 647 g/mol. The second kappa shape index (κ2) is 12.9. The Morgan fingerprint density at radius 2 is 0.717 bits per heavy atom. The summed E-state index contributed by atoms with van der Waals surface area (Å²) in [4.78, 5) is 14.7. The van der Waals surface area contributed by atoms with E-state index in [1.54, 1.807) is 0 Å². The van der Waals surface area contributed by atoms with E-state index in [1.165, 1.54) is 16.7 Å². The lowest BCUT2D eigenvalue weighted by atomic mass is 9.92. The fourth-order valence-corrected chi connectivity index (χ4v) is 7.35. The minimum Gasteiger partial charge on any atom is -0.455 e. The van der Waals surface area contributed by atoms with Crippen LogP contribution in [0.5, 0.6) is 0 Å². The predicted molar refractivity (Wildman–Crippen MR) is 217 cm³/mol. The van der Waals surface area contributed by atoms with Gasteiger partial charge in [-0.3, -0.25) is 0 Å². The number of rotatable bonds is 6. The van der Waals surface area contributed by atoms with Gasteiger partial charge < -0.3 is 4.42 Å². The molecule has 10 rings (SSSR count). The van der Waals surface area contributed by atoms with Crippen molar-refractivity contribution in [3.05, 3.63) is 188 Å². The molecule has 0 aliphatic heterocycles. The Labute approximate surface area is 306 Å². The molecule has 8 aromatic carbocycles. The number of furan rings is 1. The molecule has 0 fully saturated rings. The summed E-state index contributed by atoms with van der Waals surface area (Å²) in [7, 11) is 0. The van der Waals surface area contributed by atoms with Gasteiger partial charge in [-0.05, 0) is 57.0 Å². The van der Waals surface area contributed by atoms with Gasteiger partial charge in [-0.1, -0.05) is 170 Å². The van der Waals surface area contributed by atoms with Crippen LogP contribution in [0.25, 0.3) is 100 Å². The summed E-state index contributed by atoms with van der Waals surface area (Å²) in [6.45, 7) is 0. The van der Waals surface area contributed by atoms with Crippen molar-refractivity contribution < 1.29 is 4.42 Å². The largest absolute Gasteiger partial charge is 0.455 e. The Bertz CT molecular complexity index is 2860. The zero-order valence-corrected chi connectivity index (χ0v) is 28.6. The fraction of sp³-hybridized carbons (Fsp3) is 0. The lowest BCUT2D eigenvalue weighted by molar-refractivity contribution is 0.673. The van der Waals surface area contributed by atoms with Crippen LogP contribution in [0.15, 0.2) is 192 Å². The van der Waals surface area contributed by atoms with Gasteiger partial charge >= 0.3 is 0 Å². The quantitative estimate of drug-likeness (QED) is 0.176. The van der Waals surface area contributed by atoms with Crippen molar-refractivity contribution in [1.82, 2.24) is 15.0 Å². The van der Waals surface area contributed by atoms with Crippen molar-refractivity contribution in [3.8, 4) is 67.5 Å². The van der Waals surface area contributed by atoms with E-state index in [0.29, 0.717) is 17.5 Å². The Hall–Kier alpha value is -7.17. The highest BCUT2D eigenvalue weighted by Gasteiger charge is 2.18. The molecule has 53 heavy (non-hydrogen) atoms. The van der Waals surface area contributed by atoms with Gasteiger partial charge in [0.1, 0.15) is 11.2 Å². The van der Waals surface area contributed by atoms with Gasteiger partial charge in [-0.25, -0.2) is 15.0 Å². The molecule has 0 bridgehead atoms. The van der Waals surface area contributed by atoms with Crippen molar-refractivity contribution in [2.75, 3.05) is 0 Å². The summed E-state index contributed by atoms with van der Waals surface area (Å²) < 4.78 is 6.61. The van der Waals surface area contributed by atoms with Crippen molar-refractivity contribution in [2.24, 2.45) is 0 Å². The molecule has 4 nitrogen and oxygen atoms in total. The lowest BCUT2D eigenvalue weighted by Gasteiger charge is -2.11. The maximum Gasteiger partial charge on any atom is 0.164 e. The molecule has 0 atom stereocenters. The van der Waals surface area contributed by atoms with Crippen LogP contribution in [-0.2, 0) is 0 Å². The summed E-state index contributed by atoms with van der Waals surface area (Å²) in [6, 6.07) is 65.2. The van der Waals surface area contributed by atoms with Crippen molar-refractivity contribution in [2.45, 2.75) is 0 Å². The average Bonchev–Trinajstić information content (AvgIpc) is 3.62. The van der Waals surface area contributed by atoms with Gasteiger partial charge in [0.2, 0.25) is 0 Å². The molecule has 0 radical (unpaired) electrons. The van der Waals surface area contributed by atoms with E-state index in [-0.39, 0.29) is 0 Å². The molecule has 0 aliphatic carbocycles. The normalized spacial score (nSPS) is 11.4. The van der Waals surface area contributed by atoms with Crippen LogP contribution in [0, 0.1) is 0 Å². The molecule has 0 saturated heterocycles. The van der Waals surface area contributed by atoms with Crippen molar-refractivity contribution in [1.29, 1.82) is 0 Å². The fourth-order valence-electron chi connectivity index (χ4n) is 7.35. The molecule has 2 heterocycles. The van der Waals surface area contributed by atoms with Gasteiger partial charge in [0.15, 0.2) is 17.5 Å². The van der Waals surface area contributed by atoms with E-state index in [1.807, 2.05) is 60.7 Å². The standard InChI is InChI=1S/C49H31N3O/c1-4-14-32(15-5-1)38-20-10-11-21-39(38)37-28-29-45-43(30-37)44-31-42(40-22-12-13-23-41(40)46(44)53-45)33-24-26-36(27-25-33)49-51-47(34-16-6-2-7-17-34)50-48(52-49)35-18-8-3-9-19-35/h1-31H. The zero-order valence-electron chi connectivity index (χ0n) is 28.6. The minimum atomic E-state index is 0.633. The Balaban J connectivity index is 1.10. The Morgan fingerprint density at radius 1 is 0.283 bits per heavy atom. The third-order valence-electron chi connectivity index (χ3n) is 9.95. The molecule has 0 amide bonds. The molecule has 4 heteroatoms. The first-order valence-corrected chi connectivity index (χ1v) is 17.8. The monoisotopic (exact) mass is 677 g/mol. The highest BCUT2D eigenvalue weighted by Crippen LogP contribution is 2.42. The highest BCUT2D eigenvalue weighted by molar-refractivity contribution is 6.19. The van der Waals surface area contributed by atoms with Crippen LogP contribution < -0.4 is 0 Å². The highest BCUT2D eigenvalue weighted by atomic mass is 16.3. The minimum absolute atomic E-state index is 0.633. The second-order valence-electron chi connectivity index (χ2n) is 13.2. The molecule has 0 spiro atoms. The lowest BCUT2D eigenvalue weighted by Crippen LogP contribution is -2.00. The smallest absolute Gasteiger partial charge is 0.164 e. The first-order chi connectivity index (χ1) is 26.3. The van der Waals surface area contributed by atoms with Crippen LogP contribution in [0.2, 0.25) is 0 Å². The third-order valence-corrected chi connectivity index (χ3v) is 9.95. The average molecular weight is 678 g/mol. The molecule has 0 unspecified atom stereocenters. The summed E-state index contributed by atoms with van der Waals surface area (Å²) in [5.74, 6) is 1.92. The Morgan fingerprint density at radius 3 is 1.32 bits per heavy atom. The molecule has 0 N–H and O–H groups in total. The number of hydrogen-bond acceptors (Lipinski definition) is 4. The topological polar surface area (TPSA) is 51.8 Å². The van der Waals surface area contributed by atoms with Gasteiger partial charge in [-0.2, -0.15) is 0 Å². The van der Waals surface area contributed by atoms with E-state index in [4.69, 9.17) is 19.4 Å². The summed E-state index contributed by atoms with van der Waals surface area (Å²) in [5, 5.41) is 4.41.